The minimum absolute atomic E-state index is 0.0394. The number of fused-ring (bicyclic) bond motifs is 1. The Morgan fingerprint density at radius 3 is 2.31 bits per heavy atom. The molecule has 0 aliphatic carbocycles. The Morgan fingerprint density at radius 2 is 1.77 bits per heavy atom. The molecule has 210 valence electrons. The number of anilines is 1. The van der Waals surface area contributed by atoms with Crippen molar-refractivity contribution in [3.8, 4) is 5.75 Å². The summed E-state index contributed by atoms with van der Waals surface area (Å²) in [6.45, 7) is 11.8. The summed E-state index contributed by atoms with van der Waals surface area (Å²) in [5.41, 5.74) is 2.39. The standard InChI is InChI=1S/C24H28ClN5O3.C4H9NO/c1-15(26)30-20-10-9-18(32-12-11-28-23(31)33-24(2,3)4)13-19(20)22(29-14-21(30)27)16-5-7-17(25)8-6-16;1-3-5-4(2)6/h5-10,13,26-27H,11-12,14H2,1-4H3,(H,28,31);3H2,1-2H3,(H,5,6). The predicted molar refractivity (Wildman–Crippen MR) is 156 cm³/mol. The van der Waals surface area contributed by atoms with Crippen molar-refractivity contribution < 1.29 is 19.1 Å². The average molecular weight is 557 g/mol. The zero-order chi connectivity index (χ0) is 29.2. The molecule has 1 heterocycles. The number of amidine groups is 2. The fourth-order valence-electron chi connectivity index (χ4n) is 3.57. The summed E-state index contributed by atoms with van der Waals surface area (Å²) < 4.78 is 11.1. The molecule has 39 heavy (non-hydrogen) atoms. The molecule has 0 saturated carbocycles. The molecule has 3 rings (SSSR count). The van der Waals surface area contributed by atoms with Gasteiger partial charge < -0.3 is 20.1 Å². The zero-order valence-electron chi connectivity index (χ0n) is 23.3. The van der Waals surface area contributed by atoms with Gasteiger partial charge in [-0.25, -0.2) is 4.79 Å². The van der Waals surface area contributed by atoms with E-state index in [0.717, 1.165) is 17.7 Å². The molecule has 0 unspecified atom stereocenters. The minimum atomic E-state index is -0.564. The number of carbonyl (C=O) groups is 2. The first-order valence-corrected chi connectivity index (χ1v) is 12.9. The van der Waals surface area contributed by atoms with Crippen LogP contribution in [-0.4, -0.2) is 61.2 Å². The molecule has 0 aromatic heterocycles. The largest absolute Gasteiger partial charge is 0.492 e. The third-order valence-corrected chi connectivity index (χ3v) is 5.29. The van der Waals surface area contributed by atoms with Gasteiger partial charge in [0.25, 0.3) is 0 Å². The van der Waals surface area contributed by atoms with Gasteiger partial charge in [0.15, 0.2) is 0 Å². The summed E-state index contributed by atoms with van der Waals surface area (Å²) in [4.78, 5) is 27.9. The number of hydrogen-bond acceptors (Lipinski definition) is 7. The minimum Gasteiger partial charge on any atom is -0.492 e. The van der Waals surface area contributed by atoms with Crippen molar-refractivity contribution in [3.05, 3.63) is 58.6 Å². The van der Waals surface area contributed by atoms with Gasteiger partial charge in [0.05, 0.1) is 24.5 Å². The fraction of sp³-hybridized carbons (Fsp3) is 0.393. The number of benzodiazepines with no additional fused rings is 1. The topological polar surface area (TPSA) is 140 Å². The molecule has 1 aliphatic heterocycles. The number of halogens is 1. The van der Waals surface area contributed by atoms with Crippen LogP contribution in [0.1, 0.15) is 52.7 Å². The highest BCUT2D eigenvalue weighted by molar-refractivity contribution is 6.31. The van der Waals surface area contributed by atoms with Crippen molar-refractivity contribution in [2.24, 2.45) is 4.99 Å². The number of alkyl carbamates (subject to hydrolysis) is 1. The van der Waals surface area contributed by atoms with E-state index >= 15 is 0 Å². The Morgan fingerprint density at radius 1 is 1.10 bits per heavy atom. The zero-order valence-corrected chi connectivity index (χ0v) is 24.0. The summed E-state index contributed by atoms with van der Waals surface area (Å²) in [6.07, 6.45) is -0.499. The molecule has 1 aliphatic rings. The van der Waals surface area contributed by atoms with Crippen molar-refractivity contribution in [1.82, 2.24) is 10.6 Å². The van der Waals surface area contributed by atoms with Gasteiger partial charge in [0.2, 0.25) is 5.91 Å². The Hall–Kier alpha value is -3.92. The van der Waals surface area contributed by atoms with Crippen LogP contribution in [-0.2, 0) is 9.53 Å². The number of aliphatic imine (C=N–C) groups is 1. The van der Waals surface area contributed by atoms with Gasteiger partial charge in [0, 0.05) is 29.6 Å². The highest BCUT2D eigenvalue weighted by Gasteiger charge is 2.25. The van der Waals surface area contributed by atoms with Crippen LogP contribution in [0.4, 0.5) is 10.5 Å². The maximum Gasteiger partial charge on any atom is 0.407 e. The Balaban J connectivity index is 0.000000798. The van der Waals surface area contributed by atoms with Gasteiger partial charge in [-0.15, -0.1) is 0 Å². The number of amides is 2. The van der Waals surface area contributed by atoms with E-state index < -0.39 is 11.7 Å². The number of rotatable bonds is 6. The number of hydrogen-bond donors (Lipinski definition) is 4. The van der Waals surface area contributed by atoms with E-state index in [4.69, 9.17) is 31.9 Å². The highest BCUT2D eigenvalue weighted by Crippen LogP contribution is 2.31. The summed E-state index contributed by atoms with van der Waals surface area (Å²) >= 11 is 6.06. The molecule has 11 heteroatoms. The first-order chi connectivity index (χ1) is 18.3. The van der Waals surface area contributed by atoms with Crippen LogP contribution in [0.15, 0.2) is 47.5 Å². The van der Waals surface area contributed by atoms with E-state index in [1.54, 1.807) is 50.8 Å². The first kappa shape index (κ1) is 31.3. The van der Waals surface area contributed by atoms with Gasteiger partial charge in [-0.05, 0) is 65.0 Å². The van der Waals surface area contributed by atoms with E-state index in [2.05, 4.69) is 15.6 Å². The molecular formula is C28H37ClN6O4. The van der Waals surface area contributed by atoms with Crippen molar-refractivity contribution in [3.63, 3.8) is 0 Å². The average Bonchev–Trinajstić information content (AvgIpc) is 2.97. The fourth-order valence-corrected chi connectivity index (χ4v) is 3.69. The molecule has 2 aromatic rings. The van der Waals surface area contributed by atoms with Crippen LogP contribution in [0.2, 0.25) is 5.02 Å². The molecule has 0 saturated heterocycles. The molecule has 0 spiro atoms. The predicted octanol–water partition coefficient (Wildman–Crippen LogP) is 5.02. The molecule has 0 radical (unpaired) electrons. The summed E-state index contributed by atoms with van der Waals surface area (Å²) in [6, 6.07) is 12.8. The summed E-state index contributed by atoms with van der Waals surface area (Å²) in [5, 5.41) is 22.4. The summed E-state index contributed by atoms with van der Waals surface area (Å²) in [5.74, 6) is 1.06. The molecule has 2 aromatic carbocycles. The molecule has 4 N–H and O–H groups in total. The van der Waals surface area contributed by atoms with E-state index in [9.17, 15) is 9.59 Å². The van der Waals surface area contributed by atoms with Gasteiger partial charge in [0.1, 0.15) is 29.6 Å². The molecule has 2 amide bonds. The Kier molecular flexibility index (Phi) is 11.5. The van der Waals surface area contributed by atoms with Crippen LogP contribution in [0.25, 0.3) is 0 Å². The van der Waals surface area contributed by atoms with Gasteiger partial charge in [-0.2, -0.15) is 0 Å². The molecular weight excluding hydrogens is 520 g/mol. The number of benzene rings is 2. The van der Waals surface area contributed by atoms with Crippen molar-refractivity contribution in [1.29, 1.82) is 10.8 Å². The first-order valence-electron chi connectivity index (χ1n) is 12.5. The van der Waals surface area contributed by atoms with Crippen LogP contribution < -0.4 is 20.3 Å². The quantitative estimate of drug-likeness (QED) is 0.225. The molecule has 10 nitrogen and oxygen atoms in total. The SMILES string of the molecule is CC(=N)N1C(=N)CN=C(c2ccc(Cl)cc2)c2cc(OCCNC(=O)OC(C)(C)C)ccc21.CCNC(C)=O. The molecule has 0 atom stereocenters. The van der Waals surface area contributed by atoms with E-state index in [0.29, 0.717) is 22.2 Å². The van der Waals surface area contributed by atoms with Crippen LogP contribution in [0.3, 0.4) is 0 Å². The number of carbonyl (C=O) groups excluding carboxylic acids is 2. The lowest BCUT2D eigenvalue weighted by Crippen LogP contribution is -2.35. The lowest BCUT2D eigenvalue weighted by Gasteiger charge is -2.24. The number of ether oxygens (including phenoxy) is 2. The van der Waals surface area contributed by atoms with Crippen LogP contribution in [0, 0.1) is 10.8 Å². The Bertz CT molecular complexity index is 1220. The highest BCUT2D eigenvalue weighted by atomic mass is 35.5. The second-order valence-corrected chi connectivity index (χ2v) is 10.0. The van der Waals surface area contributed by atoms with Crippen LogP contribution in [0.5, 0.6) is 5.75 Å². The van der Waals surface area contributed by atoms with Crippen molar-refractivity contribution in [2.75, 3.05) is 31.1 Å². The normalized spacial score (nSPS) is 12.6. The second kappa shape index (κ2) is 14.3. The maximum atomic E-state index is 11.8. The van der Waals surface area contributed by atoms with E-state index in [1.807, 2.05) is 31.2 Å². The monoisotopic (exact) mass is 556 g/mol. The lowest BCUT2D eigenvalue weighted by atomic mass is 9.99. The van der Waals surface area contributed by atoms with Crippen LogP contribution >= 0.6 is 11.6 Å². The number of nitrogens with one attached hydrogen (secondary N) is 4. The Labute approximate surface area is 234 Å². The third kappa shape index (κ3) is 10.0. The van der Waals surface area contributed by atoms with Crippen molar-refractivity contribution in [2.45, 2.75) is 47.1 Å². The maximum absolute atomic E-state index is 11.8. The van der Waals surface area contributed by atoms with Gasteiger partial charge >= 0.3 is 6.09 Å². The molecule has 0 bridgehead atoms. The third-order valence-electron chi connectivity index (χ3n) is 5.04. The summed E-state index contributed by atoms with van der Waals surface area (Å²) in [7, 11) is 0. The van der Waals surface area contributed by atoms with Crippen molar-refractivity contribution >= 4 is 46.7 Å². The smallest absolute Gasteiger partial charge is 0.407 e. The lowest BCUT2D eigenvalue weighted by molar-refractivity contribution is -0.118. The van der Waals surface area contributed by atoms with E-state index in [1.165, 1.54) is 6.92 Å². The molecule has 0 fully saturated rings. The number of nitrogens with zero attached hydrogens (tertiary/aromatic N) is 2. The second-order valence-electron chi connectivity index (χ2n) is 9.58. The van der Waals surface area contributed by atoms with E-state index in [-0.39, 0.29) is 37.3 Å². The van der Waals surface area contributed by atoms with Gasteiger partial charge in [-0.3, -0.25) is 25.5 Å². The van der Waals surface area contributed by atoms with Gasteiger partial charge in [-0.1, -0.05) is 23.7 Å².